The second-order valence-electron chi connectivity index (χ2n) is 7.44. The zero-order valence-electron chi connectivity index (χ0n) is 12.4. The summed E-state index contributed by atoms with van der Waals surface area (Å²) >= 11 is 0. The first-order chi connectivity index (χ1) is 9.33. The van der Waals surface area contributed by atoms with Gasteiger partial charge in [0.15, 0.2) is 0 Å². The second kappa shape index (κ2) is 6.13. The maximum Gasteiger partial charge on any atom is 0.0499 e. The van der Waals surface area contributed by atoms with Gasteiger partial charge >= 0.3 is 0 Å². The first-order valence-electron chi connectivity index (χ1n) is 8.68. The minimum atomic E-state index is 0.248. The van der Waals surface area contributed by atoms with Gasteiger partial charge in [-0.1, -0.05) is 32.1 Å². The van der Waals surface area contributed by atoms with E-state index in [-0.39, 0.29) is 5.41 Å². The van der Waals surface area contributed by atoms with Crippen LogP contribution < -0.4 is 0 Å². The highest BCUT2D eigenvalue weighted by molar-refractivity contribution is 4.92. The normalized spacial score (nSPS) is 35.8. The summed E-state index contributed by atoms with van der Waals surface area (Å²) in [4.78, 5) is 2.79. The third-order valence-corrected chi connectivity index (χ3v) is 6.15. The molecule has 3 rings (SSSR count). The van der Waals surface area contributed by atoms with Crippen LogP contribution in [0.2, 0.25) is 0 Å². The van der Waals surface area contributed by atoms with Crippen molar-refractivity contribution in [2.75, 3.05) is 19.7 Å². The maximum atomic E-state index is 9.94. The van der Waals surface area contributed by atoms with Crippen molar-refractivity contribution in [1.29, 1.82) is 0 Å². The van der Waals surface area contributed by atoms with E-state index in [9.17, 15) is 5.11 Å². The fraction of sp³-hybridized carbons (Fsp3) is 1.00. The highest BCUT2D eigenvalue weighted by Gasteiger charge is 2.39. The van der Waals surface area contributed by atoms with E-state index in [1.165, 1.54) is 83.7 Å². The van der Waals surface area contributed by atoms with Crippen molar-refractivity contribution >= 4 is 0 Å². The van der Waals surface area contributed by atoms with E-state index in [0.717, 1.165) is 12.0 Å². The molecule has 3 fully saturated rings. The van der Waals surface area contributed by atoms with Crippen LogP contribution in [0.15, 0.2) is 0 Å². The molecule has 0 radical (unpaired) electrons. The Labute approximate surface area is 118 Å². The van der Waals surface area contributed by atoms with Gasteiger partial charge in [0.25, 0.3) is 0 Å². The summed E-state index contributed by atoms with van der Waals surface area (Å²) in [5.74, 6) is 0.974. The van der Waals surface area contributed by atoms with E-state index in [1.54, 1.807) is 0 Å². The molecule has 0 amide bonds. The third-order valence-electron chi connectivity index (χ3n) is 6.15. The first-order valence-corrected chi connectivity index (χ1v) is 8.68. The molecule has 2 nitrogen and oxygen atoms in total. The number of aliphatic hydroxyl groups excluding tert-OH is 1. The second-order valence-corrected chi connectivity index (χ2v) is 7.44. The Bertz CT molecular complexity index is 283. The van der Waals surface area contributed by atoms with Crippen molar-refractivity contribution < 1.29 is 5.11 Å². The van der Waals surface area contributed by atoms with Crippen LogP contribution in [-0.2, 0) is 0 Å². The molecule has 2 unspecified atom stereocenters. The van der Waals surface area contributed by atoms with Gasteiger partial charge in [-0.15, -0.1) is 0 Å². The zero-order chi connectivity index (χ0) is 13.1. The molecule has 110 valence electrons. The summed E-state index contributed by atoms with van der Waals surface area (Å²) in [5, 5.41) is 9.94. The average Bonchev–Trinajstić information content (AvgIpc) is 2.49. The van der Waals surface area contributed by atoms with Crippen LogP contribution in [0.1, 0.15) is 70.6 Å². The molecule has 0 aromatic rings. The van der Waals surface area contributed by atoms with Gasteiger partial charge in [0, 0.05) is 24.6 Å². The highest BCUT2D eigenvalue weighted by atomic mass is 16.3. The SMILES string of the molecule is OCC1(CN2CCCC3CCCCC32)CCCCC1. The fourth-order valence-corrected chi connectivity index (χ4v) is 5.02. The van der Waals surface area contributed by atoms with Gasteiger partial charge in [0.05, 0.1) is 0 Å². The topological polar surface area (TPSA) is 23.5 Å². The Hall–Kier alpha value is -0.0800. The van der Waals surface area contributed by atoms with Crippen LogP contribution >= 0.6 is 0 Å². The summed E-state index contributed by atoms with van der Waals surface area (Å²) in [5.41, 5.74) is 0.248. The van der Waals surface area contributed by atoms with Crippen molar-refractivity contribution in [2.24, 2.45) is 11.3 Å². The number of piperidine rings is 1. The predicted molar refractivity (Wildman–Crippen MR) is 79.2 cm³/mol. The largest absolute Gasteiger partial charge is 0.396 e. The van der Waals surface area contributed by atoms with Gasteiger partial charge in [-0.25, -0.2) is 0 Å². The monoisotopic (exact) mass is 265 g/mol. The van der Waals surface area contributed by atoms with E-state index in [0.29, 0.717) is 6.61 Å². The Morgan fingerprint density at radius 2 is 1.63 bits per heavy atom. The first kappa shape index (κ1) is 13.9. The predicted octanol–water partition coefficient (Wildman–Crippen LogP) is 3.58. The Morgan fingerprint density at radius 3 is 2.42 bits per heavy atom. The number of fused-ring (bicyclic) bond motifs is 1. The molecule has 2 saturated carbocycles. The number of rotatable bonds is 3. The van der Waals surface area contributed by atoms with E-state index in [1.807, 2.05) is 0 Å². The maximum absolute atomic E-state index is 9.94. The van der Waals surface area contributed by atoms with Crippen molar-refractivity contribution in [3.63, 3.8) is 0 Å². The summed E-state index contributed by atoms with van der Waals surface area (Å²) in [6, 6.07) is 0.854. The van der Waals surface area contributed by atoms with E-state index in [2.05, 4.69) is 4.90 Å². The molecule has 2 atom stereocenters. The number of nitrogens with zero attached hydrogens (tertiary/aromatic N) is 1. The van der Waals surface area contributed by atoms with Crippen molar-refractivity contribution in [3.8, 4) is 0 Å². The van der Waals surface area contributed by atoms with Crippen LogP contribution in [0.5, 0.6) is 0 Å². The van der Waals surface area contributed by atoms with Crippen molar-refractivity contribution in [1.82, 2.24) is 4.90 Å². The molecular formula is C17H31NO. The Morgan fingerprint density at radius 1 is 0.895 bits per heavy atom. The molecule has 2 aliphatic carbocycles. The number of likely N-dealkylation sites (tertiary alicyclic amines) is 1. The molecule has 0 aromatic carbocycles. The third kappa shape index (κ3) is 3.00. The van der Waals surface area contributed by atoms with Gasteiger partial charge in [0.2, 0.25) is 0 Å². The number of hydrogen-bond donors (Lipinski definition) is 1. The molecule has 0 spiro atoms. The summed E-state index contributed by atoms with van der Waals surface area (Å²) in [6.45, 7) is 2.90. The summed E-state index contributed by atoms with van der Waals surface area (Å²) in [6.07, 6.45) is 15.2. The quantitative estimate of drug-likeness (QED) is 0.843. The number of hydrogen-bond acceptors (Lipinski definition) is 2. The minimum absolute atomic E-state index is 0.248. The van der Waals surface area contributed by atoms with E-state index < -0.39 is 0 Å². The van der Waals surface area contributed by atoms with Gasteiger partial charge < -0.3 is 5.11 Å². The molecule has 2 heteroatoms. The van der Waals surface area contributed by atoms with Gasteiger partial charge in [-0.2, -0.15) is 0 Å². The lowest BCUT2D eigenvalue weighted by atomic mass is 9.72. The van der Waals surface area contributed by atoms with Crippen LogP contribution in [0.3, 0.4) is 0 Å². The Balaban J connectivity index is 1.66. The smallest absolute Gasteiger partial charge is 0.0499 e. The molecular weight excluding hydrogens is 234 g/mol. The standard InChI is InChI=1S/C17H31NO/c19-14-17(10-4-1-5-11-17)13-18-12-6-8-15-7-2-3-9-16(15)18/h15-16,19H,1-14H2. The van der Waals surface area contributed by atoms with Crippen molar-refractivity contribution in [3.05, 3.63) is 0 Å². The molecule has 0 bridgehead atoms. The molecule has 1 heterocycles. The molecule has 1 saturated heterocycles. The van der Waals surface area contributed by atoms with Crippen LogP contribution in [-0.4, -0.2) is 35.7 Å². The molecule has 3 aliphatic rings. The van der Waals surface area contributed by atoms with Crippen LogP contribution in [0.4, 0.5) is 0 Å². The van der Waals surface area contributed by atoms with Crippen LogP contribution in [0.25, 0.3) is 0 Å². The number of aliphatic hydroxyl groups is 1. The lowest BCUT2D eigenvalue weighted by Gasteiger charge is -2.48. The summed E-state index contributed by atoms with van der Waals surface area (Å²) < 4.78 is 0. The van der Waals surface area contributed by atoms with Gasteiger partial charge in [-0.3, -0.25) is 4.90 Å². The van der Waals surface area contributed by atoms with Crippen LogP contribution in [0, 0.1) is 11.3 Å². The molecule has 1 N–H and O–H groups in total. The zero-order valence-corrected chi connectivity index (χ0v) is 12.4. The minimum Gasteiger partial charge on any atom is -0.396 e. The van der Waals surface area contributed by atoms with E-state index >= 15 is 0 Å². The van der Waals surface area contributed by atoms with Crippen molar-refractivity contribution in [2.45, 2.75) is 76.7 Å². The lowest BCUT2D eigenvalue weighted by Crippen LogP contribution is -2.52. The highest BCUT2D eigenvalue weighted by Crippen LogP contribution is 2.41. The lowest BCUT2D eigenvalue weighted by molar-refractivity contribution is -0.0136. The van der Waals surface area contributed by atoms with Gasteiger partial charge in [-0.05, 0) is 51.0 Å². The molecule has 19 heavy (non-hydrogen) atoms. The summed E-state index contributed by atoms with van der Waals surface area (Å²) in [7, 11) is 0. The fourth-order valence-electron chi connectivity index (χ4n) is 5.02. The molecule has 1 aliphatic heterocycles. The molecule has 0 aromatic heterocycles. The van der Waals surface area contributed by atoms with E-state index in [4.69, 9.17) is 0 Å². The Kier molecular flexibility index (Phi) is 4.48. The average molecular weight is 265 g/mol. The van der Waals surface area contributed by atoms with Gasteiger partial charge in [0.1, 0.15) is 0 Å².